The molecule has 94 valence electrons. The Balaban J connectivity index is 2.00. The maximum absolute atomic E-state index is 12.2. The lowest BCUT2D eigenvalue weighted by atomic mass is 10.1. The van der Waals surface area contributed by atoms with E-state index in [1.807, 2.05) is 19.1 Å². The van der Waals surface area contributed by atoms with Crippen LogP contribution in [0.3, 0.4) is 0 Å². The lowest BCUT2D eigenvalue weighted by molar-refractivity contribution is -0.0506. The monoisotopic (exact) mass is 241 g/mol. The Morgan fingerprint density at radius 2 is 2.06 bits per heavy atom. The van der Waals surface area contributed by atoms with Crippen LogP contribution in [0.4, 0.5) is 8.78 Å². The lowest BCUT2D eigenvalue weighted by Crippen LogP contribution is -2.22. The maximum atomic E-state index is 12.2. The van der Waals surface area contributed by atoms with Gasteiger partial charge in [0.1, 0.15) is 5.75 Å². The molecule has 0 heterocycles. The van der Waals surface area contributed by atoms with Crippen LogP contribution in [0.1, 0.15) is 31.4 Å². The fourth-order valence-electron chi connectivity index (χ4n) is 1.82. The normalized spacial score (nSPS) is 17.2. The van der Waals surface area contributed by atoms with Gasteiger partial charge in [-0.3, -0.25) is 0 Å². The van der Waals surface area contributed by atoms with Crippen molar-refractivity contribution in [3.05, 3.63) is 29.8 Å². The zero-order valence-electron chi connectivity index (χ0n) is 9.83. The minimum Gasteiger partial charge on any atom is -0.434 e. The highest BCUT2D eigenvalue weighted by Gasteiger charge is 2.22. The first-order valence-corrected chi connectivity index (χ1v) is 5.94. The second-order valence-electron chi connectivity index (χ2n) is 4.49. The first-order valence-electron chi connectivity index (χ1n) is 5.94. The molecule has 0 bridgehead atoms. The minimum absolute atomic E-state index is 0.0329. The third kappa shape index (κ3) is 3.66. The van der Waals surface area contributed by atoms with Gasteiger partial charge in [0.25, 0.3) is 0 Å². The average Bonchev–Trinajstić information content (AvgIpc) is 3.09. The number of hydrogen-bond acceptors (Lipinski definition) is 2. The quantitative estimate of drug-likeness (QED) is 0.824. The molecule has 4 heteroatoms. The molecule has 1 aromatic carbocycles. The molecule has 1 fully saturated rings. The van der Waals surface area contributed by atoms with E-state index in [1.54, 1.807) is 12.1 Å². The van der Waals surface area contributed by atoms with E-state index in [4.69, 9.17) is 0 Å². The fraction of sp³-hybridized carbons (Fsp3) is 0.538. The van der Waals surface area contributed by atoms with Crippen molar-refractivity contribution in [2.45, 2.75) is 32.4 Å². The molecule has 1 aromatic rings. The van der Waals surface area contributed by atoms with Crippen LogP contribution in [0, 0.1) is 5.92 Å². The molecule has 0 saturated heterocycles. The minimum atomic E-state index is -2.77. The van der Waals surface area contributed by atoms with Crippen molar-refractivity contribution in [1.29, 1.82) is 0 Å². The molecule has 0 aliphatic heterocycles. The summed E-state index contributed by atoms with van der Waals surface area (Å²) in [5.41, 5.74) is 0.786. The number of hydrogen-bond donors (Lipinski definition) is 1. The molecule has 0 spiro atoms. The Hall–Kier alpha value is -1.16. The van der Waals surface area contributed by atoms with Crippen LogP contribution in [0.5, 0.6) is 5.75 Å². The van der Waals surface area contributed by atoms with Crippen LogP contribution >= 0.6 is 0 Å². The van der Waals surface area contributed by atoms with Crippen LogP contribution in [-0.4, -0.2) is 13.2 Å². The van der Waals surface area contributed by atoms with E-state index in [-0.39, 0.29) is 11.8 Å². The summed E-state index contributed by atoms with van der Waals surface area (Å²) in [6.07, 6.45) is 2.55. The van der Waals surface area contributed by atoms with Crippen LogP contribution < -0.4 is 10.1 Å². The highest BCUT2D eigenvalue weighted by molar-refractivity contribution is 5.35. The molecular weight excluding hydrogens is 224 g/mol. The Morgan fingerprint density at radius 3 is 2.71 bits per heavy atom. The number of para-hydroxylation sites is 1. The van der Waals surface area contributed by atoms with Gasteiger partial charge < -0.3 is 10.1 Å². The van der Waals surface area contributed by atoms with Gasteiger partial charge in [-0.1, -0.05) is 18.2 Å². The summed E-state index contributed by atoms with van der Waals surface area (Å²) >= 11 is 0. The smallest absolute Gasteiger partial charge is 0.387 e. The topological polar surface area (TPSA) is 21.3 Å². The SMILES string of the molecule is CC(NCC1CC1)c1ccccc1OC(F)F. The summed E-state index contributed by atoms with van der Waals surface area (Å²) in [4.78, 5) is 0. The Morgan fingerprint density at radius 1 is 1.35 bits per heavy atom. The predicted molar refractivity (Wildman–Crippen MR) is 62.2 cm³/mol. The van der Waals surface area contributed by atoms with Crippen LogP contribution in [0.15, 0.2) is 24.3 Å². The van der Waals surface area contributed by atoms with E-state index in [9.17, 15) is 8.78 Å². The molecule has 2 nitrogen and oxygen atoms in total. The molecule has 2 rings (SSSR count). The Kier molecular flexibility index (Phi) is 3.94. The predicted octanol–water partition coefficient (Wildman–Crippen LogP) is 3.35. The van der Waals surface area contributed by atoms with Gasteiger partial charge >= 0.3 is 6.61 Å². The highest BCUT2D eigenvalue weighted by atomic mass is 19.3. The van der Waals surface area contributed by atoms with Crippen molar-refractivity contribution >= 4 is 0 Å². The molecule has 1 unspecified atom stereocenters. The van der Waals surface area contributed by atoms with E-state index in [1.165, 1.54) is 12.8 Å². The summed E-state index contributed by atoms with van der Waals surface area (Å²) < 4.78 is 29.0. The van der Waals surface area contributed by atoms with Crippen molar-refractivity contribution in [3.8, 4) is 5.75 Å². The van der Waals surface area contributed by atoms with E-state index in [2.05, 4.69) is 10.1 Å². The number of ether oxygens (including phenoxy) is 1. The van der Waals surface area contributed by atoms with E-state index in [0.717, 1.165) is 18.0 Å². The van der Waals surface area contributed by atoms with Gasteiger partial charge in [0, 0.05) is 11.6 Å². The first kappa shape index (κ1) is 12.3. The second-order valence-corrected chi connectivity index (χ2v) is 4.49. The van der Waals surface area contributed by atoms with Gasteiger partial charge in [-0.05, 0) is 38.3 Å². The molecule has 1 atom stereocenters. The molecule has 0 aromatic heterocycles. The van der Waals surface area contributed by atoms with Gasteiger partial charge in [0.2, 0.25) is 0 Å². The number of halogens is 2. The van der Waals surface area contributed by atoms with E-state index in [0.29, 0.717) is 0 Å². The van der Waals surface area contributed by atoms with Crippen LogP contribution in [-0.2, 0) is 0 Å². The van der Waals surface area contributed by atoms with Crippen LogP contribution in [0.25, 0.3) is 0 Å². The highest BCUT2D eigenvalue weighted by Crippen LogP contribution is 2.30. The maximum Gasteiger partial charge on any atom is 0.387 e. The third-order valence-corrected chi connectivity index (χ3v) is 3.01. The third-order valence-electron chi connectivity index (χ3n) is 3.01. The summed E-state index contributed by atoms with van der Waals surface area (Å²) in [6.45, 7) is 0.145. The van der Waals surface area contributed by atoms with Crippen molar-refractivity contribution in [2.75, 3.05) is 6.54 Å². The average molecular weight is 241 g/mol. The molecular formula is C13H17F2NO. The second kappa shape index (κ2) is 5.45. The molecule has 1 aliphatic carbocycles. The molecule has 1 N–H and O–H groups in total. The number of nitrogens with one attached hydrogen (secondary N) is 1. The van der Waals surface area contributed by atoms with Gasteiger partial charge in [-0.15, -0.1) is 0 Å². The van der Waals surface area contributed by atoms with Gasteiger partial charge in [-0.2, -0.15) is 8.78 Å². The molecule has 0 radical (unpaired) electrons. The molecule has 1 aliphatic rings. The van der Waals surface area contributed by atoms with Crippen molar-refractivity contribution in [3.63, 3.8) is 0 Å². The number of rotatable bonds is 6. The van der Waals surface area contributed by atoms with Crippen LogP contribution in [0.2, 0.25) is 0 Å². The van der Waals surface area contributed by atoms with Gasteiger partial charge in [0.05, 0.1) is 0 Å². The molecule has 17 heavy (non-hydrogen) atoms. The zero-order valence-corrected chi connectivity index (χ0v) is 9.83. The van der Waals surface area contributed by atoms with Crippen molar-refractivity contribution in [2.24, 2.45) is 5.92 Å². The summed E-state index contributed by atoms with van der Waals surface area (Å²) in [6, 6.07) is 6.97. The zero-order chi connectivity index (χ0) is 12.3. The molecule has 0 amide bonds. The summed E-state index contributed by atoms with van der Waals surface area (Å²) in [5, 5.41) is 3.35. The van der Waals surface area contributed by atoms with Crippen molar-refractivity contribution in [1.82, 2.24) is 5.32 Å². The summed E-state index contributed by atoms with van der Waals surface area (Å²) in [7, 11) is 0. The standard InChI is InChI=1S/C13H17F2NO/c1-9(16-8-10-6-7-10)11-4-2-3-5-12(11)17-13(14)15/h2-5,9-10,13,16H,6-8H2,1H3. The summed E-state index contributed by atoms with van der Waals surface area (Å²) in [5.74, 6) is 1.03. The largest absolute Gasteiger partial charge is 0.434 e. The number of alkyl halides is 2. The number of benzene rings is 1. The first-order chi connectivity index (χ1) is 8.16. The van der Waals surface area contributed by atoms with E-state index >= 15 is 0 Å². The fourth-order valence-corrected chi connectivity index (χ4v) is 1.82. The Bertz CT molecular complexity index is 366. The Labute approximate surface area is 100.0 Å². The van der Waals surface area contributed by atoms with Gasteiger partial charge in [0.15, 0.2) is 0 Å². The van der Waals surface area contributed by atoms with Gasteiger partial charge in [-0.25, -0.2) is 0 Å². The molecule has 1 saturated carbocycles. The lowest BCUT2D eigenvalue weighted by Gasteiger charge is -2.17. The van der Waals surface area contributed by atoms with E-state index < -0.39 is 6.61 Å². The van der Waals surface area contributed by atoms with Crippen molar-refractivity contribution < 1.29 is 13.5 Å².